The highest BCUT2D eigenvalue weighted by molar-refractivity contribution is 5.79. The van der Waals surface area contributed by atoms with Gasteiger partial charge in [-0.2, -0.15) is 0 Å². The zero-order valence-corrected chi connectivity index (χ0v) is 13.1. The second-order valence-electron chi connectivity index (χ2n) is 6.63. The fourth-order valence-electron chi connectivity index (χ4n) is 3.61. The molecule has 0 atom stereocenters. The molecule has 0 aromatic heterocycles. The third-order valence-electron chi connectivity index (χ3n) is 5.01. The monoisotopic (exact) mass is 304 g/mol. The Morgan fingerprint density at radius 1 is 1.14 bits per heavy atom. The van der Waals surface area contributed by atoms with Crippen LogP contribution >= 0.6 is 0 Å². The zero-order valence-electron chi connectivity index (χ0n) is 13.1. The maximum absolute atomic E-state index is 13.7. The van der Waals surface area contributed by atoms with E-state index in [9.17, 15) is 9.18 Å². The minimum atomic E-state index is -0.136. The molecule has 1 aromatic rings. The number of carbonyl (C=O) groups excluding carboxylic acids is 1. The van der Waals surface area contributed by atoms with Crippen LogP contribution < -0.4 is 5.32 Å². The van der Waals surface area contributed by atoms with E-state index in [2.05, 4.69) is 10.2 Å². The fourth-order valence-corrected chi connectivity index (χ4v) is 3.61. The molecule has 2 fully saturated rings. The molecule has 2 aliphatic rings. The molecule has 22 heavy (non-hydrogen) atoms. The standard InChI is InChI=1S/C18H25FN2O/c19-17-8-4-1-5-15(17)13-21-11-9-14(10-12-21)18(22)20-16-6-2-3-7-16/h1,4-5,8,14,16H,2-3,6-7,9-13H2,(H,20,22). The van der Waals surface area contributed by atoms with Gasteiger partial charge in [-0.3, -0.25) is 9.69 Å². The number of piperidine rings is 1. The van der Waals surface area contributed by atoms with Crippen LogP contribution in [0.3, 0.4) is 0 Å². The first kappa shape index (κ1) is 15.5. The molecule has 1 saturated carbocycles. The number of nitrogens with one attached hydrogen (secondary N) is 1. The minimum absolute atomic E-state index is 0.136. The molecule has 0 unspecified atom stereocenters. The Morgan fingerprint density at radius 3 is 2.50 bits per heavy atom. The van der Waals surface area contributed by atoms with Crippen molar-refractivity contribution in [3.05, 3.63) is 35.6 Å². The summed E-state index contributed by atoms with van der Waals surface area (Å²) < 4.78 is 13.7. The van der Waals surface area contributed by atoms with E-state index in [0.717, 1.165) is 44.3 Å². The number of hydrogen-bond acceptors (Lipinski definition) is 2. The van der Waals surface area contributed by atoms with Crippen LogP contribution in [-0.2, 0) is 11.3 Å². The van der Waals surface area contributed by atoms with E-state index in [1.165, 1.54) is 18.9 Å². The van der Waals surface area contributed by atoms with Gasteiger partial charge >= 0.3 is 0 Å². The van der Waals surface area contributed by atoms with Gasteiger partial charge in [0, 0.05) is 24.1 Å². The van der Waals surface area contributed by atoms with Crippen molar-refractivity contribution in [1.29, 1.82) is 0 Å². The predicted molar refractivity (Wildman–Crippen MR) is 84.8 cm³/mol. The van der Waals surface area contributed by atoms with Crippen molar-refractivity contribution < 1.29 is 9.18 Å². The number of likely N-dealkylation sites (tertiary alicyclic amines) is 1. The zero-order chi connectivity index (χ0) is 15.4. The van der Waals surface area contributed by atoms with E-state index in [4.69, 9.17) is 0 Å². The third kappa shape index (κ3) is 3.86. The molecule has 1 saturated heterocycles. The average Bonchev–Trinajstić information content (AvgIpc) is 3.03. The Hall–Kier alpha value is -1.42. The van der Waals surface area contributed by atoms with E-state index < -0.39 is 0 Å². The van der Waals surface area contributed by atoms with Gasteiger partial charge in [-0.05, 0) is 44.8 Å². The SMILES string of the molecule is O=C(NC1CCCC1)C1CCN(Cc2ccccc2F)CC1. The first-order valence-electron chi connectivity index (χ1n) is 8.48. The quantitative estimate of drug-likeness (QED) is 0.927. The molecule has 0 bridgehead atoms. The second-order valence-corrected chi connectivity index (χ2v) is 6.63. The Labute approximate surface area is 131 Å². The van der Waals surface area contributed by atoms with Crippen molar-refractivity contribution in [3.8, 4) is 0 Å². The Bertz CT molecular complexity index is 506. The second kappa shape index (κ2) is 7.23. The molecule has 3 nitrogen and oxygen atoms in total. The molecule has 1 aromatic carbocycles. The summed E-state index contributed by atoms with van der Waals surface area (Å²) in [4.78, 5) is 14.5. The lowest BCUT2D eigenvalue weighted by Crippen LogP contribution is -2.43. The predicted octanol–water partition coefficient (Wildman–Crippen LogP) is 3.10. The number of nitrogens with zero attached hydrogens (tertiary/aromatic N) is 1. The van der Waals surface area contributed by atoms with Gasteiger partial charge in [0.05, 0.1) is 0 Å². The lowest BCUT2D eigenvalue weighted by molar-refractivity contribution is -0.127. The van der Waals surface area contributed by atoms with Crippen LogP contribution in [0.25, 0.3) is 0 Å². The Kier molecular flexibility index (Phi) is 5.08. The van der Waals surface area contributed by atoms with Crippen molar-refractivity contribution in [1.82, 2.24) is 10.2 Å². The fraction of sp³-hybridized carbons (Fsp3) is 0.611. The number of benzene rings is 1. The first-order valence-corrected chi connectivity index (χ1v) is 8.48. The molecule has 1 aliphatic carbocycles. The van der Waals surface area contributed by atoms with Gasteiger partial charge < -0.3 is 5.32 Å². The Balaban J connectivity index is 1.45. The molecular formula is C18H25FN2O. The van der Waals surface area contributed by atoms with E-state index >= 15 is 0 Å². The highest BCUT2D eigenvalue weighted by Crippen LogP contribution is 2.22. The van der Waals surface area contributed by atoms with E-state index in [0.29, 0.717) is 12.6 Å². The summed E-state index contributed by atoms with van der Waals surface area (Å²) in [6.07, 6.45) is 6.52. The number of rotatable bonds is 4. The van der Waals surface area contributed by atoms with E-state index in [1.54, 1.807) is 6.07 Å². The molecule has 4 heteroatoms. The van der Waals surface area contributed by atoms with Crippen LogP contribution in [-0.4, -0.2) is 29.9 Å². The van der Waals surface area contributed by atoms with Crippen LogP contribution in [0.5, 0.6) is 0 Å². The van der Waals surface area contributed by atoms with Crippen LogP contribution in [0.1, 0.15) is 44.1 Å². The molecular weight excluding hydrogens is 279 g/mol. The summed E-state index contributed by atoms with van der Waals surface area (Å²) in [5.41, 5.74) is 0.747. The summed E-state index contributed by atoms with van der Waals surface area (Å²) in [6.45, 7) is 2.39. The Morgan fingerprint density at radius 2 is 1.82 bits per heavy atom. The smallest absolute Gasteiger partial charge is 0.223 e. The largest absolute Gasteiger partial charge is 0.353 e. The van der Waals surface area contributed by atoms with Crippen molar-refractivity contribution in [2.24, 2.45) is 5.92 Å². The highest BCUT2D eigenvalue weighted by Gasteiger charge is 2.27. The van der Waals surface area contributed by atoms with E-state index in [-0.39, 0.29) is 17.6 Å². The molecule has 120 valence electrons. The first-order chi connectivity index (χ1) is 10.7. The third-order valence-corrected chi connectivity index (χ3v) is 5.01. The maximum Gasteiger partial charge on any atom is 0.223 e. The number of hydrogen-bond donors (Lipinski definition) is 1. The molecule has 1 heterocycles. The lowest BCUT2D eigenvalue weighted by atomic mass is 9.95. The lowest BCUT2D eigenvalue weighted by Gasteiger charge is -2.32. The van der Waals surface area contributed by atoms with Gasteiger partial charge in [0.25, 0.3) is 0 Å². The van der Waals surface area contributed by atoms with Gasteiger partial charge in [-0.1, -0.05) is 31.0 Å². The van der Waals surface area contributed by atoms with Gasteiger partial charge in [0.15, 0.2) is 0 Å². The topological polar surface area (TPSA) is 32.3 Å². The van der Waals surface area contributed by atoms with Crippen LogP contribution in [0.4, 0.5) is 4.39 Å². The normalized spacial score (nSPS) is 21.1. The maximum atomic E-state index is 13.7. The number of amides is 1. The van der Waals surface area contributed by atoms with Gasteiger partial charge in [-0.25, -0.2) is 4.39 Å². The molecule has 1 N–H and O–H groups in total. The molecule has 0 spiro atoms. The van der Waals surface area contributed by atoms with Gasteiger partial charge in [0.2, 0.25) is 5.91 Å². The molecule has 1 amide bonds. The van der Waals surface area contributed by atoms with Crippen molar-refractivity contribution in [2.45, 2.75) is 51.1 Å². The van der Waals surface area contributed by atoms with Crippen molar-refractivity contribution >= 4 is 5.91 Å². The summed E-state index contributed by atoms with van der Waals surface area (Å²) in [5.74, 6) is 0.235. The molecule has 3 rings (SSSR count). The minimum Gasteiger partial charge on any atom is -0.353 e. The summed E-state index contributed by atoms with van der Waals surface area (Å²) in [6, 6.07) is 7.35. The number of carbonyl (C=O) groups is 1. The van der Waals surface area contributed by atoms with Gasteiger partial charge in [-0.15, -0.1) is 0 Å². The summed E-state index contributed by atoms with van der Waals surface area (Å²) >= 11 is 0. The number of halogens is 1. The molecule has 0 radical (unpaired) electrons. The highest BCUT2D eigenvalue weighted by atomic mass is 19.1. The van der Waals surface area contributed by atoms with Crippen molar-refractivity contribution in [3.63, 3.8) is 0 Å². The van der Waals surface area contributed by atoms with Crippen LogP contribution in [0.2, 0.25) is 0 Å². The molecule has 1 aliphatic heterocycles. The van der Waals surface area contributed by atoms with Gasteiger partial charge in [0.1, 0.15) is 5.82 Å². The summed E-state index contributed by atoms with van der Waals surface area (Å²) in [7, 11) is 0. The average molecular weight is 304 g/mol. The van der Waals surface area contributed by atoms with E-state index in [1.807, 2.05) is 12.1 Å². The van der Waals surface area contributed by atoms with Crippen LogP contribution in [0.15, 0.2) is 24.3 Å². The summed E-state index contributed by atoms with van der Waals surface area (Å²) in [5, 5.41) is 3.20. The van der Waals surface area contributed by atoms with Crippen LogP contribution in [0, 0.1) is 11.7 Å². The van der Waals surface area contributed by atoms with Crippen molar-refractivity contribution in [2.75, 3.05) is 13.1 Å².